The van der Waals surface area contributed by atoms with Gasteiger partial charge in [0.1, 0.15) is 0 Å². The number of aromatic amines is 1. The van der Waals surface area contributed by atoms with E-state index in [1.165, 1.54) is 0 Å². The van der Waals surface area contributed by atoms with Gasteiger partial charge in [-0.2, -0.15) is 0 Å². The predicted molar refractivity (Wildman–Crippen MR) is 127 cm³/mol. The van der Waals surface area contributed by atoms with Crippen LogP contribution in [-0.2, 0) is 4.57 Å². The molecule has 0 bridgehead atoms. The maximum absolute atomic E-state index is 10.8. The Balaban J connectivity index is 0.000000170. The number of nitrogens with zero attached hydrogens (tertiary/aromatic N) is 3. The molecule has 4 rings (SSSR count). The molecule has 0 atom stereocenters. The number of rotatable bonds is 0. The second-order valence-electron chi connectivity index (χ2n) is 5.16. The van der Waals surface area contributed by atoms with Crippen LogP contribution in [0.3, 0.4) is 0 Å². The van der Waals surface area contributed by atoms with Gasteiger partial charge in [0.2, 0.25) is 5.28 Å². The van der Waals surface area contributed by atoms with Crippen molar-refractivity contribution < 1.29 is 4.57 Å². The standard InChI is InChI=1S/C8H4BrClN2.C8H5BrN2O.Cl3OP/c9-6-1-2-7-5(3-6)4-11-8(10)12-7;9-6-1-2-7-5(3-6)4-10-8(12)11-7;1-5(2,3)4/h1-4H;1-4H,(H,10,11,12);. The maximum atomic E-state index is 10.8. The average Bonchev–Trinajstić information content (AvgIpc) is 2.61. The third-order valence-corrected chi connectivity index (χ3v) is 4.26. The lowest BCUT2D eigenvalue weighted by atomic mass is 10.2. The van der Waals surface area contributed by atoms with Crippen LogP contribution in [0.15, 0.2) is 62.5 Å². The lowest BCUT2D eigenvalue weighted by molar-refractivity contribution is 0.600. The zero-order valence-electron chi connectivity index (χ0n) is 14.0. The normalized spacial score (nSPS) is 10.7. The molecule has 0 aliphatic heterocycles. The van der Waals surface area contributed by atoms with Crippen molar-refractivity contribution in [1.82, 2.24) is 19.9 Å². The summed E-state index contributed by atoms with van der Waals surface area (Å²) in [4.78, 5) is 25.0. The third-order valence-electron chi connectivity index (χ3n) is 3.09. The average molecular weight is 622 g/mol. The summed E-state index contributed by atoms with van der Waals surface area (Å²) in [6, 6.07) is 11.4. The Morgan fingerprint density at radius 1 is 0.897 bits per heavy atom. The third kappa shape index (κ3) is 9.30. The molecule has 0 saturated carbocycles. The molecule has 0 amide bonds. The minimum absolute atomic E-state index is 0.282. The number of hydrogen-bond acceptors (Lipinski definition) is 5. The minimum Gasteiger partial charge on any atom is -0.305 e. The summed E-state index contributed by atoms with van der Waals surface area (Å²) in [5, 5.41) is -1.04. The second kappa shape index (κ2) is 11.0. The number of benzene rings is 2. The van der Waals surface area contributed by atoms with Gasteiger partial charge in [0.25, 0.3) is 0 Å². The Bertz CT molecular complexity index is 1200. The molecule has 6 nitrogen and oxygen atoms in total. The Labute approximate surface area is 201 Å². The topological polar surface area (TPSA) is 88.6 Å². The zero-order chi connectivity index (χ0) is 21.6. The van der Waals surface area contributed by atoms with E-state index in [0.717, 1.165) is 30.8 Å². The molecule has 0 spiro atoms. The molecule has 2 heterocycles. The number of aromatic nitrogens is 4. The molecule has 0 aliphatic carbocycles. The molecule has 4 aromatic rings. The highest BCUT2D eigenvalue weighted by molar-refractivity contribution is 9.10. The summed E-state index contributed by atoms with van der Waals surface area (Å²) < 4.78 is 11.5. The number of H-pyrrole nitrogens is 1. The fourth-order valence-corrected chi connectivity index (χ4v) is 2.91. The van der Waals surface area contributed by atoms with Gasteiger partial charge in [-0.05, 0) is 81.7 Å². The van der Waals surface area contributed by atoms with Gasteiger partial charge in [-0.25, -0.2) is 19.7 Å². The number of halogens is 6. The number of hydrogen-bond donors (Lipinski definition) is 1. The Morgan fingerprint density at radius 2 is 1.45 bits per heavy atom. The highest BCUT2D eigenvalue weighted by Crippen LogP contribution is 2.61. The highest BCUT2D eigenvalue weighted by Gasteiger charge is 2.03. The van der Waals surface area contributed by atoms with Crippen LogP contribution < -0.4 is 5.69 Å². The summed E-state index contributed by atoms with van der Waals surface area (Å²) in [6.45, 7) is 0. The molecule has 0 fully saturated rings. The van der Waals surface area contributed by atoms with Crippen LogP contribution in [0.2, 0.25) is 5.28 Å². The predicted octanol–water partition coefficient (Wildman–Crippen LogP) is 7.54. The first-order chi connectivity index (χ1) is 13.5. The van der Waals surface area contributed by atoms with E-state index in [9.17, 15) is 9.36 Å². The maximum Gasteiger partial charge on any atom is 0.345 e. The van der Waals surface area contributed by atoms with Crippen LogP contribution in [0.25, 0.3) is 21.8 Å². The van der Waals surface area contributed by atoms with E-state index in [1.807, 2.05) is 36.4 Å². The zero-order valence-corrected chi connectivity index (χ0v) is 21.1. The summed E-state index contributed by atoms with van der Waals surface area (Å²) in [7, 11) is 0. The SMILES string of the molecule is Clc1ncc2cc(Br)ccc2n1.O=P(Cl)(Cl)Cl.O=c1ncc2cc(Br)ccc2[nH]1. The Hall–Kier alpha value is -0.730. The van der Waals surface area contributed by atoms with Crippen molar-refractivity contribution in [2.75, 3.05) is 0 Å². The van der Waals surface area contributed by atoms with E-state index >= 15 is 0 Å². The molecule has 0 saturated heterocycles. The molecule has 0 unspecified atom stereocenters. The molecule has 1 N–H and O–H groups in total. The van der Waals surface area contributed by atoms with Gasteiger partial charge in [-0.15, -0.1) is 0 Å². The van der Waals surface area contributed by atoms with E-state index in [-0.39, 0.29) is 11.0 Å². The smallest absolute Gasteiger partial charge is 0.305 e. The van der Waals surface area contributed by atoms with Crippen LogP contribution in [0.4, 0.5) is 0 Å². The van der Waals surface area contributed by atoms with E-state index in [4.69, 9.17) is 11.6 Å². The summed E-state index contributed by atoms with van der Waals surface area (Å²) in [5.41, 5.74) is 1.35. The van der Waals surface area contributed by atoms with Crippen LogP contribution in [0.5, 0.6) is 0 Å². The van der Waals surface area contributed by atoms with E-state index in [2.05, 4.69) is 85.5 Å². The van der Waals surface area contributed by atoms with Crippen LogP contribution in [-0.4, -0.2) is 19.9 Å². The Morgan fingerprint density at radius 3 is 2.10 bits per heavy atom. The van der Waals surface area contributed by atoms with Crippen molar-refractivity contribution in [3.05, 3.63) is 73.5 Å². The summed E-state index contributed by atoms with van der Waals surface area (Å²) >= 11 is 26.2. The molecule has 152 valence electrons. The summed E-state index contributed by atoms with van der Waals surface area (Å²) in [6.07, 6.45) is 3.26. The molecule has 13 heteroatoms. The molecule has 0 radical (unpaired) electrons. The van der Waals surface area contributed by atoms with E-state index < -0.39 is 5.20 Å². The Kier molecular flexibility index (Phi) is 9.35. The quantitative estimate of drug-likeness (QED) is 0.162. The first-order valence-electron chi connectivity index (χ1n) is 7.42. The highest BCUT2D eigenvalue weighted by atomic mass is 79.9. The lowest BCUT2D eigenvalue weighted by Gasteiger charge is -1.96. The largest absolute Gasteiger partial charge is 0.345 e. The minimum atomic E-state index is -3.22. The van der Waals surface area contributed by atoms with Crippen molar-refractivity contribution in [3.8, 4) is 0 Å². The van der Waals surface area contributed by atoms with Crippen molar-refractivity contribution in [3.63, 3.8) is 0 Å². The van der Waals surface area contributed by atoms with Crippen LogP contribution >= 0.6 is 82.4 Å². The van der Waals surface area contributed by atoms with Crippen molar-refractivity contribution in [2.24, 2.45) is 0 Å². The molecule has 29 heavy (non-hydrogen) atoms. The lowest BCUT2D eigenvalue weighted by Crippen LogP contribution is -2.08. The van der Waals surface area contributed by atoms with Crippen LogP contribution in [0, 0.1) is 0 Å². The van der Waals surface area contributed by atoms with Gasteiger partial charge in [0, 0.05) is 32.1 Å². The fourth-order valence-electron chi connectivity index (χ4n) is 2.01. The number of fused-ring (bicyclic) bond motifs is 2. The van der Waals surface area contributed by atoms with Gasteiger partial charge < -0.3 is 4.98 Å². The number of nitrogens with one attached hydrogen (secondary N) is 1. The second-order valence-corrected chi connectivity index (χ2v) is 14.0. The van der Waals surface area contributed by atoms with Crippen molar-refractivity contribution in [2.45, 2.75) is 0 Å². The van der Waals surface area contributed by atoms with Crippen molar-refractivity contribution in [1.29, 1.82) is 0 Å². The molecule has 0 aliphatic rings. The van der Waals surface area contributed by atoms with Gasteiger partial charge in [0.15, 0.2) is 0 Å². The van der Waals surface area contributed by atoms with E-state index in [1.54, 1.807) is 12.4 Å². The molecule has 2 aromatic carbocycles. The summed E-state index contributed by atoms with van der Waals surface area (Å²) in [5.74, 6) is 0. The van der Waals surface area contributed by atoms with Gasteiger partial charge in [0.05, 0.1) is 11.0 Å². The molecular weight excluding hydrogens is 613 g/mol. The molecule has 2 aromatic heterocycles. The van der Waals surface area contributed by atoms with Crippen LogP contribution in [0.1, 0.15) is 0 Å². The molecular formula is C16H9Br2Cl4N4O2P. The van der Waals surface area contributed by atoms with Gasteiger partial charge in [-0.3, -0.25) is 4.57 Å². The van der Waals surface area contributed by atoms with Gasteiger partial charge >= 0.3 is 10.9 Å². The monoisotopic (exact) mass is 618 g/mol. The fraction of sp³-hybridized carbons (Fsp3) is 0. The van der Waals surface area contributed by atoms with Gasteiger partial charge in [-0.1, -0.05) is 31.9 Å². The first kappa shape index (κ1) is 24.5. The first-order valence-corrected chi connectivity index (χ1v) is 13.8. The van der Waals surface area contributed by atoms with Crippen molar-refractivity contribution >= 4 is 104 Å². The van der Waals surface area contributed by atoms with E-state index in [0.29, 0.717) is 0 Å².